The number of halogens is 2. The van der Waals surface area contributed by atoms with Crippen molar-refractivity contribution in [1.29, 1.82) is 0 Å². The molecule has 0 bridgehead atoms. The number of hydrogen-bond acceptors (Lipinski definition) is 2. The predicted octanol–water partition coefficient (Wildman–Crippen LogP) is 3.43. The van der Waals surface area contributed by atoms with Crippen molar-refractivity contribution in [2.24, 2.45) is 5.92 Å². The van der Waals surface area contributed by atoms with E-state index in [1.165, 1.54) is 12.1 Å². The van der Waals surface area contributed by atoms with Crippen LogP contribution in [0.4, 0.5) is 8.78 Å². The van der Waals surface area contributed by atoms with Gasteiger partial charge >= 0.3 is 0 Å². The van der Waals surface area contributed by atoms with Crippen molar-refractivity contribution in [2.45, 2.75) is 38.8 Å². The van der Waals surface area contributed by atoms with Crippen LogP contribution in [0.5, 0.6) is 0 Å². The maximum Gasteiger partial charge on any atom is 0.130 e. The smallest absolute Gasteiger partial charge is 0.130 e. The van der Waals surface area contributed by atoms with E-state index in [9.17, 15) is 8.78 Å². The van der Waals surface area contributed by atoms with Gasteiger partial charge < -0.3 is 10.1 Å². The predicted molar refractivity (Wildman–Crippen MR) is 70.9 cm³/mol. The summed E-state index contributed by atoms with van der Waals surface area (Å²) in [4.78, 5) is 0. The zero-order chi connectivity index (χ0) is 13.8. The van der Waals surface area contributed by atoms with E-state index in [-0.39, 0.29) is 6.04 Å². The summed E-state index contributed by atoms with van der Waals surface area (Å²) in [6.45, 7) is 5.62. The van der Waals surface area contributed by atoms with Gasteiger partial charge in [-0.25, -0.2) is 8.78 Å². The number of benzene rings is 1. The molecule has 1 aliphatic rings. The second-order valence-electron chi connectivity index (χ2n) is 5.16. The van der Waals surface area contributed by atoms with Gasteiger partial charge in [0.1, 0.15) is 11.6 Å². The van der Waals surface area contributed by atoms with Crippen LogP contribution >= 0.6 is 0 Å². The zero-order valence-corrected chi connectivity index (χ0v) is 11.5. The Labute approximate surface area is 113 Å². The average molecular weight is 269 g/mol. The van der Waals surface area contributed by atoms with E-state index in [0.29, 0.717) is 17.6 Å². The molecule has 2 rings (SSSR count). The Morgan fingerprint density at radius 1 is 1.42 bits per heavy atom. The lowest BCUT2D eigenvalue weighted by atomic mass is 9.98. The molecule has 106 valence electrons. The molecule has 2 nitrogen and oxygen atoms in total. The van der Waals surface area contributed by atoms with E-state index in [1.54, 1.807) is 0 Å². The number of ether oxygens (including phenoxy) is 1. The van der Waals surface area contributed by atoms with Gasteiger partial charge in [0.25, 0.3) is 0 Å². The highest BCUT2D eigenvalue weighted by Crippen LogP contribution is 2.24. The van der Waals surface area contributed by atoms with Gasteiger partial charge in [0.05, 0.1) is 6.10 Å². The molecular formula is C15H21F2NO. The van der Waals surface area contributed by atoms with Crippen molar-refractivity contribution < 1.29 is 13.5 Å². The molecule has 0 radical (unpaired) electrons. The van der Waals surface area contributed by atoms with Crippen LogP contribution < -0.4 is 5.32 Å². The molecule has 1 N–H and O–H groups in total. The number of nitrogens with one attached hydrogen (secondary N) is 1. The quantitative estimate of drug-likeness (QED) is 0.884. The monoisotopic (exact) mass is 269 g/mol. The van der Waals surface area contributed by atoms with Crippen LogP contribution in [0, 0.1) is 17.6 Å². The molecule has 0 saturated carbocycles. The van der Waals surface area contributed by atoms with Gasteiger partial charge in [-0.15, -0.1) is 0 Å². The van der Waals surface area contributed by atoms with Gasteiger partial charge in [-0.3, -0.25) is 0 Å². The molecule has 1 aromatic rings. The fourth-order valence-corrected chi connectivity index (χ4v) is 2.67. The lowest BCUT2D eigenvalue weighted by Gasteiger charge is -2.21. The Morgan fingerprint density at radius 3 is 2.89 bits per heavy atom. The fraction of sp³-hybridized carbons (Fsp3) is 0.600. The molecule has 19 heavy (non-hydrogen) atoms. The Kier molecular flexibility index (Phi) is 4.88. The van der Waals surface area contributed by atoms with Crippen LogP contribution in [0.2, 0.25) is 0 Å². The normalized spacial score (nSPS) is 24.6. The Balaban J connectivity index is 1.92. The van der Waals surface area contributed by atoms with Crippen LogP contribution in [-0.2, 0) is 4.74 Å². The first-order chi connectivity index (χ1) is 9.11. The van der Waals surface area contributed by atoms with Crippen LogP contribution in [0.25, 0.3) is 0 Å². The highest BCUT2D eigenvalue weighted by molar-refractivity contribution is 5.21. The zero-order valence-electron chi connectivity index (χ0n) is 11.5. The molecule has 1 fully saturated rings. The summed E-state index contributed by atoms with van der Waals surface area (Å²) in [5.74, 6) is -0.547. The second kappa shape index (κ2) is 6.44. The van der Waals surface area contributed by atoms with Crippen molar-refractivity contribution in [2.75, 3.05) is 13.2 Å². The van der Waals surface area contributed by atoms with Crippen LogP contribution in [0.3, 0.4) is 0 Å². The second-order valence-corrected chi connectivity index (χ2v) is 5.16. The van der Waals surface area contributed by atoms with Gasteiger partial charge in [-0.1, -0.05) is 13.0 Å². The van der Waals surface area contributed by atoms with Crippen molar-refractivity contribution in [3.8, 4) is 0 Å². The van der Waals surface area contributed by atoms with Crippen molar-refractivity contribution in [3.05, 3.63) is 35.4 Å². The third-order valence-corrected chi connectivity index (χ3v) is 3.86. The summed E-state index contributed by atoms with van der Waals surface area (Å²) < 4.78 is 32.1. The van der Waals surface area contributed by atoms with Gasteiger partial charge in [0, 0.05) is 30.8 Å². The largest absolute Gasteiger partial charge is 0.378 e. The Hall–Kier alpha value is -1.00. The average Bonchev–Trinajstić information content (AvgIpc) is 2.83. The number of rotatable bonds is 5. The maximum absolute atomic E-state index is 13.6. The van der Waals surface area contributed by atoms with E-state index in [1.807, 2.05) is 6.92 Å². The Bertz CT molecular complexity index is 425. The molecule has 3 atom stereocenters. The van der Waals surface area contributed by atoms with Crippen molar-refractivity contribution in [3.63, 3.8) is 0 Å². The molecule has 0 aromatic heterocycles. The van der Waals surface area contributed by atoms with E-state index in [2.05, 4.69) is 12.2 Å². The van der Waals surface area contributed by atoms with Crippen molar-refractivity contribution in [1.82, 2.24) is 5.32 Å². The summed E-state index contributed by atoms with van der Waals surface area (Å²) in [5.41, 5.74) is 0.508. The van der Waals surface area contributed by atoms with E-state index in [4.69, 9.17) is 4.74 Å². The van der Waals surface area contributed by atoms with Gasteiger partial charge in [0.15, 0.2) is 0 Å². The minimum Gasteiger partial charge on any atom is -0.378 e. The SMILES string of the molecule is CCC1OCCC1CNC(C)c1ccc(F)cc1F. The standard InChI is InChI=1S/C15H21F2NO/c1-3-15-11(6-7-19-15)9-18-10(2)13-5-4-12(16)8-14(13)17/h4-5,8,10-11,15,18H,3,6-7,9H2,1-2H3. The molecular weight excluding hydrogens is 248 g/mol. The minimum atomic E-state index is -0.538. The topological polar surface area (TPSA) is 21.3 Å². The van der Waals surface area contributed by atoms with Crippen LogP contribution in [-0.4, -0.2) is 19.3 Å². The number of hydrogen-bond donors (Lipinski definition) is 1. The van der Waals surface area contributed by atoms with Gasteiger partial charge in [-0.05, 0) is 31.7 Å². The van der Waals surface area contributed by atoms with Gasteiger partial charge in [0.2, 0.25) is 0 Å². The minimum absolute atomic E-state index is 0.126. The third-order valence-electron chi connectivity index (χ3n) is 3.86. The lowest BCUT2D eigenvalue weighted by molar-refractivity contribution is 0.0867. The molecule has 0 aliphatic carbocycles. The van der Waals surface area contributed by atoms with Crippen molar-refractivity contribution >= 4 is 0 Å². The molecule has 1 aromatic carbocycles. The molecule has 3 unspecified atom stereocenters. The summed E-state index contributed by atoms with van der Waals surface area (Å²) in [7, 11) is 0. The van der Waals surface area contributed by atoms with E-state index >= 15 is 0 Å². The fourth-order valence-electron chi connectivity index (χ4n) is 2.67. The molecule has 1 heterocycles. The maximum atomic E-state index is 13.6. The summed E-state index contributed by atoms with van der Waals surface area (Å²) in [6.07, 6.45) is 2.35. The van der Waals surface area contributed by atoms with E-state index in [0.717, 1.165) is 32.1 Å². The summed E-state index contributed by atoms with van der Waals surface area (Å²) in [6, 6.07) is 3.61. The lowest BCUT2D eigenvalue weighted by Crippen LogP contribution is -2.30. The molecule has 1 saturated heterocycles. The first kappa shape index (κ1) is 14.4. The highest BCUT2D eigenvalue weighted by Gasteiger charge is 2.26. The molecule has 1 aliphatic heterocycles. The molecule has 4 heteroatoms. The van der Waals surface area contributed by atoms with Crippen LogP contribution in [0.15, 0.2) is 18.2 Å². The molecule has 0 spiro atoms. The first-order valence-electron chi connectivity index (χ1n) is 6.91. The first-order valence-corrected chi connectivity index (χ1v) is 6.91. The summed E-state index contributed by atoms with van der Waals surface area (Å²) in [5, 5.41) is 3.32. The van der Waals surface area contributed by atoms with Gasteiger partial charge in [-0.2, -0.15) is 0 Å². The third kappa shape index (κ3) is 3.51. The highest BCUT2D eigenvalue weighted by atomic mass is 19.1. The van der Waals surface area contributed by atoms with E-state index < -0.39 is 11.6 Å². The Morgan fingerprint density at radius 2 is 2.21 bits per heavy atom. The van der Waals surface area contributed by atoms with Crippen LogP contribution in [0.1, 0.15) is 38.3 Å². The molecule has 0 amide bonds. The summed E-state index contributed by atoms with van der Waals surface area (Å²) >= 11 is 0.